The number of nitrogens with one attached hydrogen (secondary N) is 1. The molecule has 2 aromatic carbocycles. The molecule has 0 saturated carbocycles. The quantitative estimate of drug-likeness (QED) is 0.373. The number of halogens is 1. The van der Waals surface area contributed by atoms with Gasteiger partial charge in [-0.2, -0.15) is 10.4 Å². The van der Waals surface area contributed by atoms with Gasteiger partial charge in [-0.3, -0.25) is 4.79 Å². The summed E-state index contributed by atoms with van der Waals surface area (Å²) in [6.07, 6.45) is 5.22. The van der Waals surface area contributed by atoms with E-state index in [0.717, 1.165) is 24.1 Å². The van der Waals surface area contributed by atoms with Crippen LogP contribution in [0.1, 0.15) is 25.3 Å². The van der Waals surface area contributed by atoms with Gasteiger partial charge >= 0.3 is 0 Å². The van der Waals surface area contributed by atoms with E-state index in [2.05, 4.69) is 5.32 Å². The smallest absolute Gasteiger partial charge is 0.262 e. The number of amides is 1. The monoisotopic (exact) mass is 476 g/mol. The molecule has 4 rings (SSSR count). The number of carbonyl (C=O) groups excluding carboxylic acids is 1. The second-order valence-corrected chi connectivity index (χ2v) is 8.21. The molecule has 1 unspecified atom stereocenters. The zero-order valence-electron chi connectivity index (χ0n) is 18.8. The Bertz CT molecular complexity index is 1220. The van der Waals surface area contributed by atoms with E-state index < -0.39 is 5.91 Å². The van der Waals surface area contributed by atoms with E-state index in [1.54, 1.807) is 29.1 Å². The van der Waals surface area contributed by atoms with Crippen molar-refractivity contribution in [2.45, 2.75) is 25.9 Å². The summed E-state index contributed by atoms with van der Waals surface area (Å²) in [7, 11) is 0. The van der Waals surface area contributed by atoms with E-state index in [-0.39, 0.29) is 11.7 Å². The van der Waals surface area contributed by atoms with Crippen molar-refractivity contribution in [1.82, 2.24) is 15.1 Å². The van der Waals surface area contributed by atoms with Crippen LogP contribution in [0.4, 0.5) is 0 Å². The standard InChI is InChI=1S/C26H25ClN4O3/c1-2-33-24-11-10-18(14-23(24)27)25-20(17-31(30-25)21-7-4-3-5-8-21)13-19(15-28)26(32)29-16-22-9-6-12-34-22/h3-5,7-8,10-11,13-14,17,22H,2,6,9,12,16H2,1H3,(H,29,32)/b19-13+. The molecule has 0 spiro atoms. The van der Waals surface area contributed by atoms with Crippen molar-refractivity contribution in [1.29, 1.82) is 5.26 Å². The molecule has 7 nitrogen and oxygen atoms in total. The maximum Gasteiger partial charge on any atom is 0.262 e. The van der Waals surface area contributed by atoms with E-state index in [1.807, 2.05) is 49.4 Å². The van der Waals surface area contributed by atoms with Crippen LogP contribution in [0, 0.1) is 11.3 Å². The number of benzene rings is 2. The Hall–Kier alpha value is -3.60. The second-order valence-electron chi connectivity index (χ2n) is 7.81. The van der Waals surface area contributed by atoms with Crippen molar-refractivity contribution < 1.29 is 14.3 Å². The van der Waals surface area contributed by atoms with Gasteiger partial charge in [-0.05, 0) is 56.2 Å². The van der Waals surface area contributed by atoms with Crippen molar-refractivity contribution in [3.63, 3.8) is 0 Å². The lowest BCUT2D eigenvalue weighted by Crippen LogP contribution is -2.32. The van der Waals surface area contributed by atoms with Crippen molar-refractivity contribution in [2.75, 3.05) is 19.8 Å². The molecular formula is C26H25ClN4O3. The second kappa shape index (κ2) is 11.0. The van der Waals surface area contributed by atoms with Gasteiger partial charge in [0.15, 0.2) is 0 Å². The molecule has 1 amide bonds. The van der Waals surface area contributed by atoms with Gasteiger partial charge in [0.1, 0.15) is 23.1 Å². The number of nitriles is 1. The zero-order valence-corrected chi connectivity index (χ0v) is 19.6. The average molecular weight is 477 g/mol. The first-order valence-electron chi connectivity index (χ1n) is 11.2. The fourth-order valence-electron chi connectivity index (χ4n) is 3.76. The van der Waals surface area contributed by atoms with Gasteiger partial charge in [-0.25, -0.2) is 4.68 Å². The lowest BCUT2D eigenvalue weighted by atomic mass is 10.1. The van der Waals surface area contributed by atoms with Gasteiger partial charge in [0.05, 0.1) is 23.4 Å². The maximum absolute atomic E-state index is 12.7. The Kier molecular flexibility index (Phi) is 7.63. The SMILES string of the molecule is CCOc1ccc(-c2nn(-c3ccccc3)cc2/C=C(\C#N)C(=O)NCC2CCCO2)cc1Cl. The van der Waals surface area contributed by atoms with Crippen molar-refractivity contribution in [3.8, 4) is 28.8 Å². The number of aromatic nitrogens is 2. The molecular weight excluding hydrogens is 452 g/mol. The predicted octanol–water partition coefficient (Wildman–Crippen LogP) is 4.79. The Morgan fingerprint density at radius 2 is 2.18 bits per heavy atom. The molecule has 3 aromatic rings. The summed E-state index contributed by atoms with van der Waals surface area (Å²) in [4.78, 5) is 12.7. The fourth-order valence-corrected chi connectivity index (χ4v) is 4.00. The summed E-state index contributed by atoms with van der Waals surface area (Å²) in [5.41, 5.74) is 2.79. The Labute approximate surface area is 203 Å². The van der Waals surface area contributed by atoms with Crippen molar-refractivity contribution in [2.24, 2.45) is 0 Å². The van der Waals surface area contributed by atoms with E-state index >= 15 is 0 Å². The first-order valence-corrected chi connectivity index (χ1v) is 11.6. The number of nitrogens with zero attached hydrogens (tertiary/aromatic N) is 3. The molecule has 2 heterocycles. The zero-order chi connectivity index (χ0) is 23.9. The van der Waals surface area contributed by atoms with Crippen LogP contribution in [0.3, 0.4) is 0 Å². The van der Waals surface area contributed by atoms with E-state index in [1.165, 1.54) is 0 Å². The number of carbonyl (C=O) groups is 1. The van der Waals surface area contributed by atoms with Gasteiger partial charge in [0, 0.05) is 30.5 Å². The van der Waals surface area contributed by atoms with Crippen LogP contribution in [0.2, 0.25) is 5.02 Å². The number of para-hydroxylation sites is 1. The molecule has 34 heavy (non-hydrogen) atoms. The molecule has 0 radical (unpaired) electrons. The van der Waals surface area contributed by atoms with Crippen molar-refractivity contribution >= 4 is 23.6 Å². The summed E-state index contributed by atoms with van der Waals surface area (Å²) < 4.78 is 12.8. The van der Waals surface area contributed by atoms with Crippen LogP contribution in [-0.2, 0) is 9.53 Å². The number of hydrogen-bond acceptors (Lipinski definition) is 5. The topological polar surface area (TPSA) is 89.2 Å². The highest BCUT2D eigenvalue weighted by atomic mass is 35.5. The molecule has 1 atom stereocenters. The summed E-state index contributed by atoms with van der Waals surface area (Å²) in [5.74, 6) is 0.139. The molecule has 0 aliphatic carbocycles. The van der Waals surface area contributed by atoms with E-state index in [0.29, 0.717) is 41.8 Å². The Morgan fingerprint density at radius 1 is 1.35 bits per heavy atom. The Balaban J connectivity index is 1.69. The third-order valence-electron chi connectivity index (χ3n) is 5.45. The van der Waals surface area contributed by atoms with Crippen LogP contribution in [0.15, 0.2) is 60.3 Å². The molecule has 1 fully saturated rings. The van der Waals surface area contributed by atoms with Crippen LogP contribution < -0.4 is 10.1 Å². The van der Waals surface area contributed by atoms with E-state index in [4.69, 9.17) is 26.2 Å². The summed E-state index contributed by atoms with van der Waals surface area (Å²) in [6, 6.07) is 17.0. The number of hydrogen-bond donors (Lipinski definition) is 1. The van der Waals surface area contributed by atoms with Crippen LogP contribution in [0.5, 0.6) is 5.75 Å². The highest BCUT2D eigenvalue weighted by Crippen LogP contribution is 2.32. The molecule has 8 heteroatoms. The maximum atomic E-state index is 12.7. The molecule has 1 aromatic heterocycles. The molecule has 1 N–H and O–H groups in total. The van der Waals surface area contributed by atoms with Crippen LogP contribution >= 0.6 is 11.6 Å². The summed E-state index contributed by atoms with van der Waals surface area (Å²) in [6.45, 7) is 3.47. The minimum atomic E-state index is -0.443. The minimum absolute atomic E-state index is 0.00807. The van der Waals surface area contributed by atoms with Gasteiger partial charge in [0.25, 0.3) is 5.91 Å². The van der Waals surface area contributed by atoms with Gasteiger partial charge in [-0.15, -0.1) is 0 Å². The molecule has 1 aliphatic rings. The summed E-state index contributed by atoms with van der Waals surface area (Å²) >= 11 is 6.42. The van der Waals surface area contributed by atoms with Crippen LogP contribution in [0.25, 0.3) is 23.0 Å². The summed E-state index contributed by atoms with van der Waals surface area (Å²) in [5, 5.41) is 17.7. The normalized spacial score (nSPS) is 15.7. The van der Waals surface area contributed by atoms with Gasteiger partial charge in [-0.1, -0.05) is 29.8 Å². The number of ether oxygens (including phenoxy) is 2. The largest absolute Gasteiger partial charge is 0.492 e. The molecule has 1 aliphatic heterocycles. The Morgan fingerprint density at radius 3 is 2.85 bits per heavy atom. The third kappa shape index (κ3) is 5.48. The lowest BCUT2D eigenvalue weighted by Gasteiger charge is -2.10. The molecule has 1 saturated heterocycles. The highest BCUT2D eigenvalue weighted by molar-refractivity contribution is 6.32. The third-order valence-corrected chi connectivity index (χ3v) is 5.74. The lowest BCUT2D eigenvalue weighted by molar-refractivity contribution is -0.117. The van der Waals surface area contributed by atoms with Gasteiger partial charge in [0.2, 0.25) is 0 Å². The molecule has 0 bridgehead atoms. The predicted molar refractivity (Wildman–Crippen MR) is 131 cm³/mol. The van der Waals surface area contributed by atoms with E-state index in [9.17, 15) is 10.1 Å². The first-order chi connectivity index (χ1) is 16.6. The first kappa shape index (κ1) is 23.6. The molecule has 174 valence electrons. The van der Waals surface area contributed by atoms with Gasteiger partial charge < -0.3 is 14.8 Å². The average Bonchev–Trinajstić information content (AvgIpc) is 3.53. The van der Waals surface area contributed by atoms with Crippen LogP contribution in [-0.4, -0.2) is 41.6 Å². The minimum Gasteiger partial charge on any atom is -0.492 e. The fraction of sp³-hybridized carbons (Fsp3) is 0.269. The highest BCUT2D eigenvalue weighted by Gasteiger charge is 2.19. The number of rotatable bonds is 8. The van der Waals surface area contributed by atoms with Crippen molar-refractivity contribution in [3.05, 3.63) is 70.9 Å².